The van der Waals surface area contributed by atoms with Crippen LogP contribution in [0.4, 0.5) is 4.39 Å². The van der Waals surface area contributed by atoms with Crippen LogP contribution < -0.4 is 0 Å². The Morgan fingerprint density at radius 3 is 2.90 bits per heavy atom. The van der Waals surface area contributed by atoms with Crippen LogP contribution >= 0.6 is 11.3 Å². The molecule has 21 heavy (non-hydrogen) atoms. The maximum absolute atomic E-state index is 13.8. The summed E-state index contributed by atoms with van der Waals surface area (Å²) in [4.78, 5) is 12.5. The molecule has 3 aromatic rings. The van der Waals surface area contributed by atoms with Gasteiger partial charge in [0, 0.05) is 16.2 Å². The monoisotopic (exact) mass is 305 g/mol. The molecule has 0 bridgehead atoms. The molecule has 0 spiro atoms. The van der Waals surface area contributed by atoms with E-state index in [-0.39, 0.29) is 12.4 Å². The number of halogens is 1. The molecule has 0 saturated carbocycles. The van der Waals surface area contributed by atoms with Crippen molar-refractivity contribution in [3.8, 4) is 0 Å². The molecule has 0 amide bonds. The zero-order chi connectivity index (χ0) is 15.0. The maximum atomic E-state index is 13.8. The highest BCUT2D eigenvalue weighted by Gasteiger charge is 2.19. The zero-order valence-corrected chi connectivity index (χ0v) is 12.3. The van der Waals surface area contributed by atoms with Gasteiger partial charge in [0.05, 0.1) is 5.69 Å². The number of fused-ring (bicyclic) bond motifs is 1. The van der Waals surface area contributed by atoms with Gasteiger partial charge in [-0.3, -0.25) is 0 Å². The molecule has 0 aliphatic heterocycles. The van der Waals surface area contributed by atoms with E-state index in [1.165, 1.54) is 17.4 Å². The fraction of sp³-hybridized carbons (Fsp3) is 0.200. The molecule has 0 unspecified atom stereocenters. The minimum atomic E-state index is -0.484. The number of hydrogen-bond donors (Lipinski definition) is 0. The van der Waals surface area contributed by atoms with Crippen LogP contribution in [-0.4, -0.2) is 11.1 Å². The number of aromatic nitrogens is 1. The Morgan fingerprint density at radius 2 is 2.24 bits per heavy atom. The van der Waals surface area contributed by atoms with E-state index < -0.39 is 5.97 Å². The number of carbonyl (C=O) groups excluding carboxylic acids is 1. The number of esters is 1. The minimum Gasteiger partial charge on any atom is -0.453 e. The van der Waals surface area contributed by atoms with Crippen LogP contribution in [-0.2, 0) is 11.3 Å². The molecule has 2 aromatic heterocycles. The molecule has 0 atom stereocenters. The topological polar surface area (TPSA) is 52.3 Å². The van der Waals surface area contributed by atoms with Gasteiger partial charge in [-0.1, -0.05) is 11.2 Å². The second-order valence-corrected chi connectivity index (χ2v) is 5.73. The molecule has 2 heterocycles. The minimum absolute atomic E-state index is 0.00976. The van der Waals surface area contributed by atoms with Crippen LogP contribution in [0.5, 0.6) is 0 Å². The van der Waals surface area contributed by atoms with Crippen molar-refractivity contribution in [2.75, 3.05) is 0 Å². The quantitative estimate of drug-likeness (QED) is 0.686. The van der Waals surface area contributed by atoms with Crippen molar-refractivity contribution in [2.24, 2.45) is 0 Å². The predicted octanol–water partition coefficient (Wildman–Crippen LogP) is 4.00. The van der Waals surface area contributed by atoms with Crippen LogP contribution in [0.2, 0.25) is 0 Å². The Kier molecular flexibility index (Phi) is 3.47. The van der Waals surface area contributed by atoms with Gasteiger partial charge in [-0.2, -0.15) is 0 Å². The summed E-state index contributed by atoms with van der Waals surface area (Å²) in [6, 6.07) is 6.49. The van der Waals surface area contributed by atoms with E-state index >= 15 is 0 Å². The number of rotatable bonds is 3. The Hall–Kier alpha value is -2.21. The van der Waals surface area contributed by atoms with Crippen molar-refractivity contribution < 1.29 is 18.4 Å². The average Bonchev–Trinajstić information content (AvgIpc) is 3.01. The first-order valence-electron chi connectivity index (χ1n) is 6.33. The number of hydrogen-bond acceptors (Lipinski definition) is 5. The van der Waals surface area contributed by atoms with E-state index in [9.17, 15) is 9.18 Å². The van der Waals surface area contributed by atoms with Crippen LogP contribution in [0.15, 0.2) is 28.8 Å². The summed E-state index contributed by atoms with van der Waals surface area (Å²) in [5.74, 6) is -0.334. The van der Waals surface area contributed by atoms with E-state index in [1.54, 1.807) is 32.0 Å². The lowest BCUT2D eigenvalue weighted by molar-refractivity contribution is 0.0442. The Bertz CT molecular complexity index is 822. The van der Waals surface area contributed by atoms with Crippen molar-refractivity contribution in [2.45, 2.75) is 20.5 Å². The van der Waals surface area contributed by atoms with Gasteiger partial charge in [0.2, 0.25) is 0 Å². The number of benzene rings is 1. The van der Waals surface area contributed by atoms with Gasteiger partial charge in [0.25, 0.3) is 0 Å². The summed E-state index contributed by atoms with van der Waals surface area (Å²) in [5.41, 5.74) is 1.33. The summed E-state index contributed by atoms with van der Waals surface area (Å²) >= 11 is 1.23. The summed E-state index contributed by atoms with van der Waals surface area (Å²) < 4.78 is 24.7. The molecule has 6 heteroatoms. The number of nitrogens with zero attached hydrogens (tertiary/aromatic N) is 1. The van der Waals surface area contributed by atoms with Crippen LogP contribution in [0.25, 0.3) is 10.1 Å². The molecule has 0 fully saturated rings. The van der Waals surface area contributed by atoms with Gasteiger partial charge in [-0.05, 0) is 31.5 Å². The zero-order valence-electron chi connectivity index (χ0n) is 11.5. The number of thiophene rings is 1. The van der Waals surface area contributed by atoms with E-state index in [0.29, 0.717) is 21.6 Å². The lowest BCUT2D eigenvalue weighted by Gasteiger charge is -2.01. The summed E-state index contributed by atoms with van der Waals surface area (Å²) in [5, 5.41) is 4.19. The molecular weight excluding hydrogens is 293 g/mol. The molecule has 0 aliphatic rings. The third kappa shape index (κ3) is 2.54. The van der Waals surface area contributed by atoms with Gasteiger partial charge in [-0.25, -0.2) is 9.18 Å². The smallest absolute Gasteiger partial charge is 0.349 e. The summed E-state index contributed by atoms with van der Waals surface area (Å²) in [7, 11) is 0. The number of carbonyl (C=O) groups is 1. The molecule has 108 valence electrons. The normalized spacial score (nSPS) is 11.0. The number of ether oxygens (including phenoxy) is 1. The van der Waals surface area contributed by atoms with Crippen molar-refractivity contribution in [3.05, 3.63) is 52.0 Å². The molecule has 3 rings (SSSR count). The Morgan fingerprint density at radius 1 is 1.43 bits per heavy atom. The standard InChI is InChI=1S/C15H12FNO3S/c1-8-6-10(20-17-8)7-19-15(18)14-9(2)13-11(16)4-3-5-12(13)21-14/h3-6H,7H2,1-2H3. The third-order valence-electron chi connectivity index (χ3n) is 3.11. The van der Waals surface area contributed by atoms with Crippen molar-refractivity contribution in [1.82, 2.24) is 5.16 Å². The summed E-state index contributed by atoms with van der Waals surface area (Å²) in [6.07, 6.45) is 0. The highest BCUT2D eigenvalue weighted by Crippen LogP contribution is 2.33. The van der Waals surface area contributed by atoms with E-state index in [1.807, 2.05) is 0 Å². The van der Waals surface area contributed by atoms with Gasteiger partial charge in [0.15, 0.2) is 12.4 Å². The van der Waals surface area contributed by atoms with Crippen molar-refractivity contribution in [1.29, 1.82) is 0 Å². The van der Waals surface area contributed by atoms with Gasteiger partial charge >= 0.3 is 5.97 Å². The molecule has 0 N–H and O–H groups in total. The van der Waals surface area contributed by atoms with Gasteiger partial charge in [0.1, 0.15) is 10.7 Å². The third-order valence-corrected chi connectivity index (χ3v) is 4.35. The van der Waals surface area contributed by atoms with E-state index in [2.05, 4.69) is 5.16 Å². The lowest BCUT2D eigenvalue weighted by atomic mass is 10.1. The SMILES string of the molecule is Cc1cc(COC(=O)c2sc3cccc(F)c3c2C)on1. The fourth-order valence-electron chi connectivity index (χ4n) is 2.13. The van der Waals surface area contributed by atoms with E-state index in [4.69, 9.17) is 9.26 Å². The second kappa shape index (κ2) is 5.29. The molecule has 1 aromatic carbocycles. The largest absolute Gasteiger partial charge is 0.453 e. The molecular formula is C15H12FNO3S. The van der Waals surface area contributed by atoms with Crippen LogP contribution in [0.1, 0.15) is 26.7 Å². The molecule has 0 aliphatic carbocycles. The first-order valence-corrected chi connectivity index (χ1v) is 7.15. The highest BCUT2D eigenvalue weighted by atomic mass is 32.1. The first kappa shape index (κ1) is 13.8. The van der Waals surface area contributed by atoms with Crippen molar-refractivity contribution in [3.63, 3.8) is 0 Å². The van der Waals surface area contributed by atoms with E-state index in [0.717, 1.165) is 10.4 Å². The molecule has 0 radical (unpaired) electrons. The second-order valence-electron chi connectivity index (χ2n) is 4.68. The lowest BCUT2D eigenvalue weighted by Crippen LogP contribution is -2.04. The van der Waals surface area contributed by atoms with Gasteiger partial charge in [-0.15, -0.1) is 11.3 Å². The molecule has 4 nitrogen and oxygen atoms in total. The van der Waals surface area contributed by atoms with Crippen LogP contribution in [0, 0.1) is 19.7 Å². The maximum Gasteiger partial charge on any atom is 0.349 e. The fourth-order valence-corrected chi connectivity index (χ4v) is 3.25. The number of aryl methyl sites for hydroxylation is 2. The van der Waals surface area contributed by atoms with Gasteiger partial charge < -0.3 is 9.26 Å². The summed E-state index contributed by atoms with van der Waals surface area (Å²) in [6.45, 7) is 3.51. The first-order chi connectivity index (χ1) is 10.1. The van der Waals surface area contributed by atoms with Crippen LogP contribution in [0.3, 0.4) is 0 Å². The Labute approximate surface area is 124 Å². The average molecular weight is 305 g/mol. The highest BCUT2D eigenvalue weighted by molar-refractivity contribution is 7.21. The van der Waals surface area contributed by atoms with Crippen molar-refractivity contribution >= 4 is 27.4 Å². The predicted molar refractivity (Wildman–Crippen MR) is 76.9 cm³/mol. The Balaban J connectivity index is 1.84. The molecule has 0 saturated heterocycles.